The van der Waals surface area contributed by atoms with Crippen LogP contribution in [0.2, 0.25) is 0 Å². The minimum absolute atomic E-state index is 0.389. The van der Waals surface area contributed by atoms with E-state index in [1.54, 1.807) is 13.1 Å². The fourth-order valence-corrected chi connectivity index (χ4v) is 3.04. The van der Waals surface area contributed by atoms with Crippen LogP contribution >= 0.6 is 0 Å². The average Bonchev–Trinajstić information content (AvgIpc) is 2.61. The average molecular weight is 331 g/mol. The van der Waals surface area contributed by atoms with Crippen molar-refractivity contribution in [3.05, 3.63) is 71.8 Å². The first-order valence-electron chi connectivity index (χ1n) is 8.08. The third kappa shape index (κ3) is 3.19. The molecule has 0 unspecified atom stereocenters. The number of nitrogens with two attached hydrogens (primary N) is 2. The Hall–Kier alpha value is -3.27. The summed E-state index contributed by atoms with van der Waals surface area (Å²) in [5, 5.41) is 2.93. The molecule has 0 bridgehead atoms. The molecule has 5 N–H and O–H groups in total. The van der Waals surface area contributed by atoms with Gasteiger partial charge in [0.05, 0.1) is 16.9 Å². The van der Waals surface area contributed by atoms with Gasteiger partial charge in [0, 0.05) is 7.05 Å². The number of carbonyl (C=O) groups excluding carboxylic acids is 1. The lowest BCUT2D eigenvalue weighted by molar-refractivity contribution is 0.100. The molecule has 0 spiro atoms. The smallest absolute Gasteiger partial charge is 0.250 e. The number of nitrogens with one attached hydrogen (secondary N) is 1. The zero-order valence-corrected chi connectivity index (χ0v) is 14.3. The molecule has 0 atom stereocenters. The standard InChI is InChI=1S/C21H21N3O/c1-13-5-3-4-6-17(13)15-9-7-14(8-10-15)16-11-18(21(23)25)20(24-2)19(22)12-16/h3-12,24H,22H2,1-2H3,(H2,23,25). The van der Waals surface area contributed by atoms with Gasteiger partial charge in [-0.05, 0) is 46.9 Å². The predicted molar refractivity (Wildman–Crippen MR) is 105 cm³/mol. The summed E-state index contributed by atoms with van der Waals surface area (Å²) in [5.74, 6) is -0.505. The molecule has 0 saturated carbocycles. The van der Waals surface area contributed by atoms with Crippen LogP contribution < -0.4 is 16.8 Å². The number of primary amides is 1. The van der Waals surface area contributed by atoms with Crippen LogP contribution in [0.4, 0.5) is 11.4 Å². The van der Waals surface area contributed by atoms with Crippen LogP contribution in [0, 0.1) is 6.92 Å². The summed E-state index contributed by atoms with van der Waals surface area (Å²) < 4.78 is 0. The van der Waals surface area contributed by atoms with Crippen molar-refractivity contribution >= 4 is 17.3 Å². The number of rotatable bonds is 4. The van der Waals surface area contributed by atoms with Gasteiger partial charge < -0.3 is 16.8 Å². The molecule has 0 saturated heterocycles. The number of carbonyl (C=O) groups is 1. The third-order valence-electron chi connectivity index (χ3n) is 4.36. The molecule has 0 aliphatic rings. The second-order valence-corrected chi connectivity index (χ2v) is 5.99. The van der Waals surface area contributed by atoms with Crippen molar-refractivity contribution in [3.8, 4) is 22.3 Å². The van der Waals surface area contributed by atoms with Gasteiger partial charge in [0.1, 0.15) is 0 Å². The maximum atomic E-state index is 11.7. The lowest BCUT2D eigenvalue weighted by Crippen LogP contribution is -2.14. The van der Waals surface area contributed by atoms with Gasteiger partial charge in [-0.2, -0.15) is 0 Å². The van der Waals surface area contributed by atoms with Crippen molar-refractivity contribution in [1.29, 1.82) is 0 Å². The number of hydrogen-bond acceptors (Lipinski definition) is 3. The topological polar surface area (TPSA) is 81.1 Å². The van der Waals surface area contributed by atoms with Gasteiger partial charge in [0.15, 0.2) is 0 Å². The van der Waals surface area contributed by atoms with Crippen molar-refractivity contribution in [3.63, 3.8) is 0 Å². The Morgan fingerprint density at radius 2 is 1.56 bits per heavy atom. The summed E-state index contributed by atoms with van der Waals surface area (Å²) in [7, 11) is 1.72. The lowest BCUT2D eigenvalue weighted by Gasteiger charge is -2.13. The molecule has 0 heterocycles. The van der Waals surface area contributed by atoms with Crippen LogP contribution in [0.15, 0.2) is 60.7 Å². The Kier molecular flexibility index (Phi) is 4.44. The first kappa shape index (κ1) is 16.6. The Labute approximate surface area is 147 Å². The fourth-order valence-electron chi connectivity index (χ4n) is 3.04. The molecular formula is C21H21N3O. The normalized spacial score (nSPS) is 10.5. The molecule has 0 aliphatic carbocycles. The minimum Gasteiger partial charge on any atom is -0.397 e. The van der Waals surface area contributed by atoms with Crippen LogP contribution in [-0.2, 0) is 0 Å². The van der Waals surface area contributed by atoms with Crippen molar-refractivity contribution in [1.82, 2.24) is 0 Å². The van der Waals surface area contributed by atoms with Crippen LogP contribution in [0.5, 0.6) is 0 Å². The molecular weight excluding hydrogens is 310 g/mol. The zero-order chi connectivity index (χ0) is 18.0. The largest absolute Gasteiger partial charge is 0.397 e. The van der Waals surface area contributed by atoms with E-state index >= 15 is 0 Å². The van der Waals surface area contributed by atoms with Gasteiger partial charge in [-0.3, -0.25) is 4.79 Å². The summed E-state index contributed by atoms with van der Waals surface area (Å²) in [6.07, 6.45) is 0. The summed E-state index contributed by atoms with van der Waals surface area (Å²) in [4.78, 5) is 11.7. The summed E-state index contributed by atoms with van der Waals surface area (Å²) in [6, 6.07) is 20.1. The molecule has 0 fully saturated rings. The molecule has 0 aliphatic heterocycles. The molecule has 126 valence electrons. The Morgan fingerprint density at radius 1 is 0.920 bits per heavy atom. The summed E-state index contributed by atoms with van der Waals surface area (Å²) >= 11 is 0. The predicted octanol–water partition coefficient (Wildman–Crippen LogP) is 4.05. The highest BCUT2D eigenvalue weighted by atomic mass is 16.1. The number of nitrogen functional groups attached to an aromatic ring is 1. The van der Waals surface area contributed by atoms with E-state index in [9.17, 15) is 4.79 Å². The van der Waals surface area contributed by atoms with Crippen molar-refractivity contribution < 1.29 is 4.79 Å². The zero-order valence-electron chi connectivity index (χ0n) is 14.3. The first-order chi connectivity index (χ1) is 12.0. The van der Waals surface area contributed by atoms with E-state index in [4.69, 9.17) is 11.5 Å². The van der Waals surface area contributed by atoms with Crippen LogP contribution in [0.25, 0.3) is 22.3 Å². The maximum Gasteiger partial charge on any atom is 0.250 e. The van der Waals surface area contributed by atoms with E-state index in [0.717, 1.165) is 16.7 Å². The maximum absolute atomic E-state index is 11.7. The van der Waals surface area contributed by atoms with Gasteiger partial charge in [0.25, 0.3) is 5.91 Å². The monoisotopic (exact) mass is 331 g/mol. The van der Waals surface area contributed by atoms with Crippen LogP contribution in [0.3, 0.4) is 0 Å². The lowest BCUT2D eigenvalue weighted by atomic mass is 9.96. The number of amides is 1. The SMILES string of the molecule is CNc1c(N)cc(-c2ccc(-c3ccccc3C)cc2)cc1C(N)=O. The highest BCUT2D eigenvalue weighted by Crippen LogP contribution is 2.32. The Bertz CT molecular complexity index is 930. The number of aryl methyl sites for hydroxylation is 1. The third-order valence-corrected chi connectivity index (χ3v) is 4.36. The molecule has 25 heavy (non-hydrogen) atoms. The van der Waals surface area contributed by atoms with Gasteiger partial charge in [-0.15, -0.1) is 0 Å². The molecule has 4 nitrogen and oxygen atoms in total. The van der Waals surface area contributed by atoms with Crippen LogP contribution in [-0.4, -0.2) is 13.0 Å². The molecule has 0 aromatic heterocycles. The Balaban J connectivity index is 2.03. The van der Waals surface area contributed by atoms with E-state index in [2.05, 4.69) is 36.5 Å². The second kappa shape index (κ2) is 6.69. The fraction of sp³-hybridized carbons (Fsp3) is 0.0952. The highest BCUT2D eigenvalue weighted by Gasteiger charge is 2.13. The molecule has 1 amide bonds. The van der Waals surface area contributed by atoms with E-state index in [-0.39, 0.29) is 0 Å². The first-order valence-corrected chi connectivity index (χ1v) is 8.08. The Morgan fingerprint density at radius 3 is 2.16 bits per heavy atom. The number of anilines is 2. The summed E-state index contributed by atoms with van der Waals surface area (Å²) in [6.45, 7) is 2.10. The van der Waals surface area contributed by atoms with Gasteiger partial charge in [-0.1, -0.05) is 48.5 Å². The number of hydrogen-bond donors (Lipinski definition) is 3. The van der Waals surface area contributed by atoms with E-state index < -0.39 is 5.91 Å². The van der Waals surface area contributed by atoms with Crippen molar-refractivity contribution in [2.24, 2.45) is 5.73 Å². The van der Waals surface area contributed by atoms with Gasteiger partial charge in [-0.25, -0.2) is 0 Å². The second-order valence-electron chi connectivity index (χ2n) is 5.99. The van der Waals surface area contributed by atoms with Crippen molar-refractivity contribution in [2.45, 2.75) is 6.92 Å². The van der Waals surface area contributed by atoms with Crippen molar-refractivity contribution in [2.75, 3.05) is 18.1 Å². The molecule has 3 aromatic carbocycles. The highest BCUT2D eigenvalue weighted by molar-refractivity contribution is 6.03. The van der Waals surface area contributed by atoms with E-state index in [0.29, 0.717) is 16.9 Å². The van der Waals surface area contributed by atoms with Gasteiger partial charge >= 0.3 is 0 Å². The molecule has 0 radical (unpaired) electrons. The molecule has 3 aromatic rings. The summed E-state index contributed by atoms with van der Waals surface area (Å²) in [5.41, 5.74) is 18.4. The van der Waals surface area contributed by atoms with Gasteiger partial charge in [0.2, 0.25) is 0 Å². The minimum atomic E-state index is -0.505. The van der Waals surface area contributed by atoms with E-state index in [1.807, 2.05) is 30.3 Å². The molecule has 3 rings (SSSR count). The van der Waals surface area contributed by atoms with Crippen LogP contribution in [0.1, 0.15) is 15.9 Å². The number of benzene rings is 3. The molecule has 4 heteroatoms. The van der Waals surface area contributed by atoms with E-state index in [1.165, 1.54) is 11.1 Å². The quantitative estimate of drug-likeness (QED) is 0.631.